The highest BCUT2D eigenvalue weighted by Gasteiger charge is 2.15. The lowest BCUT2D eigenvalue weighted by Gasteiger charge is -2.08. The molecule has 0 aliphatic carbocycles. The number of para-hydroxylation sites is 2. The van der Waals surface area contributed by atoms with Crippen LogP contribution in [-0.2, 0) is 11.3 Å². The molecule has 0 spiro atoms. The number of nitrogens with zero attached hydrogens (tertiary/aromatic N) is 4. The molecule has 6 heteroatoms. The minimum Gasteiger partial charge on any atom is -0.313 e. The summed E-state index contributed by atoms with van der Waals surface area (Å²) in [4.78, 5) is 21.7. The molecule has 4 aromatic rings. The molecule has 6 nitrogen and oxygen atoms in total. The van der Waals surface area contributed by atoms with E-state index in [2.05, 4.69) is 20.5 Å². The topological polar surface area (TPSA) is 72.2 Å². The average molecular weight is 383 g/mol. The van der Waals surface area contributed by atoms with E-state index in [-0.39, 0.29) is 12.5 Å². The van der Waals surface area contributed by atoms with Gasteiger partial charge in [0.05, 0.1) is 16.7 Å². The minimum atomic E-state index is -0.225. The van der Waals surface area contributed by atoms with Crippen LogP contribution >= 0.6 is 0 Å². The molecule has 0 saturated heterocycles. The molecule has 0 atom stereocenters. The van der Waals surface area contributed by atoms with Crippen molar-refractivity contribution in [3.8, 4) is 11.5 Å². The first kappa shape index (κ1) is 18.6. The fourth-order valence-corrected chi connectivity index (χ4v) is 3.11. The van der Waals surface area contributed by atoms with E-state index in [0.29, 0.717) is 5.82 Å². The fourth-order valence-electron chi connectivity index (χ4n) is 3.11. The largest absolute Gasteiger partial charge is 0.313 e. The predicted octanol–water partition coefficient (Wildman–Crippen LogP) is 3.95. The highest BCUT2D eigenvalue weighted by atomic mass is 16.2. The molecule has 0 saturated carbocycles. The van der Waals surface area contributed by atoms with Crippen LogP contribution in [0.15, 0.2) is 78.0 Å². The van der Waals surface area contributed by atoms with Crippen molar-refractivity contribution in [2.75, 3.05) is 0 Å². The monoisotopic (exact) mass is 383 g/mol. The number of benzene rings is 2. The minimum absolute atomic E-state index is 0.0943. The molecule has 29 heavy (non-hydrogen) atoms. The Bertz CT molecular complexity index is 1180. The first-order chi connectivity index (χ1) is 14.1. The Labute approximate surface area is 168 Å². The number of hydrazone groups is 1. The summed E-state index contributed by atoms with van der Waals surface area (Å²) < 4.78 is 1.86. The van der Waals surface area contributed by atoms with Crippen LogP contribution in [0.1, 0.15) is 18.1 Å². The highest BCUT2D eigenvalue weighted by molar-refractivity contribution is 5.99. The molecule has 1 amide bonds. The van der Waals surface area contributed by atoms with Gasteiger partial charge in [0.25, 0.3) is 5.91 Å². The van der Waals surface area contributed by atoms with Gasteiger partial charge in [-0.2, -0.15) is 5.10 Å². The van der Waals surface area contributed by atoms with Crippen LogP contribution < -0.4 is 5.43 Å². The third kappa shape index (κ3) is 4.06. The van der Waals surface area contributed by atoms with E-state index in [4.69, 9.17) is 0 Å². The Morgan fingerprint density at radius 1 is 1.03 bits per heavy atom. The lowest BCUT2D eigenvalue weighted by atomic mass is 10.1. The Morgan fingerprint density at radius 2 is 1.79 bits per heavy atom. The maximum absolute atomic E-state index is 12.6. The first-order valence-corrected chi connectivity index (χ1v) is 9.38. The zero-order valence-corrected chi connectivity index (χ0v) is 16.3. The number of pyridine rings is 1. The van der Waals surface area contributed by atoms with Crippen LogP contribution in [-0.4, -0.2) is 26.2 Å². The maximum Gasteiger partial charge on any atom is 0.260 e. The Morgan fingerprint density at radius 3 is 2.55 bits per heavy atom. The molecule has 1 N–H and O–H groups in total. The van der Waals surface area contributed by atoms with E-state index in [9.17, 15) is 4.79 Å². The summed E-state index contributed by atoms with van der Waals surface area (Å²) in [6, 6.07) is 21.4. The number of hydrogen-bond donors (Lipinski definition) is 1. The van der Waals surface area contributed by atoms with E-state index in [1.807, 2.05) is 85.1 Å². The molecular formula is C23H21N5O. The number of aryl methyl sites for hydroxylation is 1. The molecule has 2 aromatic carbocycles. The predicted molar refractivity (Wildman–Crippen MR) is 114 cm³/mol. The number of rotatable bonds is 5. The third-order valence-electron chi connectivity index (χ3n) is 4.67. The van der Waals surface area contributed by atoms with Gasteiger partial charge < -0.3 is 4.57 Å². The van der Waals surface area contributed by atoms with Gasteiger partial charge in [0.1, 0.15) is 12.2 Å². The average Bonchev–Trinajstić information content (AvgIpc) is 3.11. The first-order valence-electron chi connectivity index (χ1n) is 9.38. The van der Waals surface area contributed by atoms with E-state index in [1.165, 1.54) is 5.56 Å². The summed E-state index contributed by atoms with van der Waals surface area (Å²) in [6.07, 6.45) is 1.72. The Kier molecular flexibility index (Phi) is 5.16. The molecule has 0 unspecified atom stereocenters. The Balaban J connectivity index is 1.59. The maximum atomic E-state index is 12.6. The molecule has 144 valence electrons. The van der Waals surface area contributed by atoms with Gasteiger partial charge in [-0.15, -0.1) is 0 Å². The van der Waals surface area contributed by atoms with Crippen molar-refractivity contribution in [2.24, 2.45) is 5.10 Å². The van der Waals surface area contributed by atoms with E-state index in [1.54, 1.807) is 6.20 Å². The van der Waals surface area contributed by atoms with Crippen molar-refractivity contribution < 1.29 is 4.79 Å². The standard InChI is InChI=1S/C23H21N5O/c1-16-10-12-18(13-11-16)17(2)26-27-22(29)15-28-21-9-4-3-7-19(21)25-23(28)20-8-5-6-14-24-20/h3-14H,15H2,1-2H3,(H,27,29)/b26-17-. The summed E-state index contributed by atoms with van der Waals surface area (Å²) in [5.74, 6) is 0.429. The highest BCUT2D eigenvalue weighted by Crippen LogP contribution is 2.23. The van der Waals surface area contributed by atoms with Crippen LogP contribution in [0, 0.1) is 6.92 Å². The number of carbonyl (C=O) groups excluding carboxylic acids is 1. The molecule has 2 aromatic heterocycles. The zero-order chi connectivity index (χ0) is 20.2. The van der Waals surface area contributed by atoms with Crippen LogP contribution in [0.4, 0.5) is 0 Å². The Hall–Kier alpha value is -3.80. The van der Waals surface area contributed by atoms with E-state index in [0.717, 1.165) is 28.0 Å². The summed E-state index contributed by atoms with van der Waals surface area (Å²) in [6.45, 7) is 4.00. The van der Waals surface area contributed by atoms with Crippen molar-refractivity contribution in [1.82, 2.24) is 20.0 Å². The number of amides is 1. The van der Waals surface area contributed by atoms with Crippen LogP contribution in [0.3, 0.4) is 0 Å². The molecule has 0 aliphatic rings. The molecule has 0 bridgehead atoms. The fraction of sp³-hybridized carbons (Fsp3) is 0.130. The van der Waals surface area contributed by atoms with Crippen molar-refractivity contribution in [1.29, 1.82) is 0 Å². The van der Waals surface area contributed by atoms with Gasteiger partial charge in [0.2, 0.25) is 0 Å². The lowest BCUT2D eigenvalue weighted by Crippen LogP contribution is -2.24. The van der Waals surface area contributed by atoms with Crippen molar-refractivity contribution >= 4 is 22.7 Å². The summed E-state index contributed by atoms with van der Waals surface area (Å²) in [7, 11) is 0. The molecule has 4 rings (SSSR count). The number of hydrogen-bond acceptors (Lipinski definition) is 4. The van der Waals surface area contributed by atoms with Gasteiger partial charge in [-0.25, -0.2) is 10.4 Å². The third-order valence-corrected chi connectivity index (χ3v) is 4.67. The normalized spacial score (nSPS) is 11.6. The second kappa shape index (κ2) is 8.06. The molecule has 2 heterocycles. The number of imidazole rings is 1. The SMILES string of the molecule is C/C(=N/NC(=O)Cn1c(-c2ccccn2)nc2ccccc21)c1ccc(C)cc1. The quantitative estimate of drug-likeness (QED) is 0.419. The number of fused-ring (bicyclic) bond motifs is 1. The van der Waals surface area contributed by atoms with Crippen molar-refractivity contribution in [2.45, 2.75) is 20.4 Å². The summed E-state index contributed by atoms with van der Waals surface area (Å²) in [5, 5.41) is 4.25. The van der Waals surface area contributed by atoms with Gasteiger partial charge in [-0.3, -0.25) is 9.78 Å². The molecular weight excluding hydrogens is 362 g/mol. The van der Waals surface area contributed by atoms with Crippen molar-refractivity contribution in [3.63, 3.8) is 0 Å². The summed E-state index contributed by atoms with van der Waals surface area (Å²) in [5.41, 5.74) is 7.97. The lowest BCUT2D eigenvalue weighted by molar-refractivity contribution is -0.121. The second-order valence-corrected chi connectivity index (χ2v) is 6.82. The van der Waals surface area contributed by atoms with Gasteiger partial charge in [-0.1, -0.05) is 48.0 Å². The molecule has 0 fully saturated rings. The van der Waals surface area contributed by atoms with Crippen LogP contribution in [0.25, 0.3) is 22.6 Å². The number of carbonyl (C=O) groups is 1. The van der Waals surface area contributed by atoms with Gasteiger partial charge in [-0.05, 0) is 43.7 Å². The second-order valence-electron chi connectivity index (χ2n) is 6.82. The van der Waals surface area contributed by atoms with E-state index < -0.39 is 0 Å². The number of aromatic nitrogens is 3. The smallest absolute Gasteiger partial charge is 0.260 e. The van der Waals surface area contributed by atoms with Gasteiger partial charge >= 0.3 is 0 Å². The summed E-state index contributed by atoms with van der Waals surface area (Å²) >= 11 is 0. The van der Waals surface area contributed by atoms with Crippen LogP contribution in [0.2, 0.25) is 0 Å². The zero-order valence-electron chi connectivity index (χ0n) is 16.3. The molecule has 0 aliphatic heterocycles. The van der Waals surface area contributed by atoms with Crippen LogP contribution in [0.5, 0.6) is 0 Å². The molecule has 0 radical (unpaired) electrons. The van der Waals surface area contributed by atoms with Gasteiger partial charge in [0, 0.05) is 6.20 Å². The van der Waals surface area contributed by atoms with Gasteiger partial charge in [0.15, 0.2) is 5.82 Å². The van der Waals surface area contributed by atoms with E-state index >= 15 is 0 Å². The van der Waals surface area contributed by atoms with Crippen molar-refractivity contribution in [3.05, 3.63) is 84.1 Å². The number of nitrogens with one attached hydrogen (secondary N) is 1.